The highest BCUT2D eigenvalue weighted by molar-refractivity contribution is 5.80. The lowest BCUT2D eigenvalue weighted by molar-refractivity contribution is -0.121. The van der Waals surface area contributed by atoms with Gasteiger partial charge in [0.15, 0.2) is 0 Å². The first-order valence-electron chi connectivity index (χ1n) is 5.42. The summed E-state index contributed by atoms with van der Waals surface area (Å²) in [5.74, 6) is -1.06. The molecule has 0 radical (unpaired) electrons. The first-order chi connectivity index (χ1) is 7.91. The van der Waals surface area contributed by atoms with Crippen molar-refractivity contribution < 1.29 is 14.3 Å². The number of phenolic OH excluding ortho intramolecular Hbond substituents is 1. The molecule has 1 amide bonds. The van der Waals surface area contributed by atoms with Crippen molar-refractivity contribution in [3.63, 3.8) is 0 Å². The Morgan fingerprint density at radius 3 is 2.65 bits per heavy atom. The summed E-state index contributed by atoms with van der Waals surface area (Å²) < 4.78 is 13.4. The largest absolute Gasteiger partial charge is 0.508 e. The Bertz CT molecular complexity index is 407. The molecule has 0 aliphatic heterocycles. The van der Waals surface area contributed by atoms with Crippen LogP contribution >= 0.6 is 0 Å². The number of hydrogen-bond donors (Lipinski definition) is 3. The van der Waals surface area contributed by atoms with Crippen LogP contribution in [0, 0.1) is 11.7 Å². The fraction of sp³-hybridized carbons (Fsp3) is 0.417. The number of carbonyl (C=O) groups excluding carboxylic acids is 1. The molecule has 4 N–H and O–H groups in total. The summed E-state index contributed by atoms with van der Waals surface area (Å²) in [6.07, 6.45) is 0. The number of amides is 1. The van der Waals surface area contributed by atoms with Crippen LogP contribution in [-0.2, 0) is 11.3 Å². The minimum Gasteiger partial charge on any atom is -0.508 e. The third-order valence-corrected chi connectivity index (χ3v) is 2.52. The van der Waals surface area contributed by atoms with Gasteiger partial charge in [0.1, 0.15) is 11.6 Å². The van der Waals surface area contributed by atoms with Crippen LogP contribution < -0.4 is 11.1 Å². The SMILES string of the molecule is CC(C)C(NCc1ccc(O)cc1F)C(N)=O. The Morgan fingerprint density at radius 2 is 2.18 bits per heavy atom. The fourth-order valence-electron chi connectivity index (χ4n) is 1.56. The molecular weight excluding hydrogens is 223 g/mol. The monoisotopic (exact) mass is 240 g/mol. The van der Waals surface area contributed by atoms with E-state index in [2.05, 4.69) is 5.32 Å². The van der Waals surface area contributed by atoms with Crippen LogP contribution in [0.5, 0.6) is 5.75 Å². The average Bonchev–Trinajstić information content (AvgIpc) is 2.20. The summed E-state index contributed by atoms with van der Waals surface area (Å²) in [5, 5.41) is 12.0. The molecule has 0 saturated heterocycles. The van der Waals surface area contributed by atoms with Crippen LogP contribution in [0.15, 0.2) is 18.2 Å². The van der Waals surface area contributed by atoms with Crippen molar-refractivity contribution in [3.8, 4) is 5.75 Å². The minimum absolute atomic E-state index is 0.0349. The van der Waals surface area contributed by atoms with E-state index in [0.29, 0.717) is 5.56 Å². The molecule has 17 heavy (non-hydrogen) atoms. The molecule has 1 rings (SSSR count). The van der Waals surface area contributed by atoms with E-state index in [0.717, 1.165) is 6.07 Å². The predicted octanol–water partition coefficient (Wildman–Crippen LogP) is 1.13. The quantitative estimate of drug-likeness (QED) is 0.722. The van der Waals surface area contributed by atoms with Gasteiger partial charge in [-0.2, -0.15) is 0 Å². The van der Waals surface area contributed by atoms with Gasteiger partial charge in [0.05, 0.1) is 6.04 Å². The molecule has 0 aliphatic carbocycles. The number of halogens is 1. The minimum atomic E-state index is -0.510. The number of carbonyl (C=O) groups is 1. The molecule has 1 atom stereocenters. The lowest BCUT2D eigenvalue weighted by atomic mass is 10.0. The van der Waals surface area contributed by atoms with E-state index >= 15 is 0 Å². The van der Waals surface area contributed by atoms with E-state index in [1.165, 1.54) is 12.1 Å². The normalized spacial score (nSPS) is 12.7. The molecule has 1 unspecified atom stereocenters. The Kier molecular flexibility index (Phi) is 4.45. The number of hydrogen-bond acceptors (Lipinski definition) is 3. The average molecular weight is 240 g/mol. The zero-order valence-electron chi connectivity index (χ0n) is 9.90. The van der Waals surface area contributed by atoms with E-state index in [-0.39, 0.29) is 18.2 Å². The van der Waals surface area contributed by atoms with E-state index in [4.69, 9.17) is 10.8 Å². The summed E-state index contributed by atoms with van der Waals surface area (Å²) in [6, 6.07) is 3.40. The topological polar surface area (TPSA) is 75.3 Å². The summed E-state index contributed by atoms with van der Waals surface area (Å²) in [4.78, 5) is 11.1. The zero-order chi connectivity index (χ0) is 13.0. The second kappa shape index (κ2) is 5.63. The zero-order valence-corrected chi connectivity index (χ0v) is 9.90. The van der Waals surface area contributed by atoms with Gasteiger partial charge in [-0.05, 0) is 12.0 Å². The van der Waals surface area contributed by atoms with Crippen LogP contribution in [0.2, 0.25) is 0 Å². The second-order valence-corrected chi connectivity index (χ2v) is 4.28. The van der Waals surface area contributed by atoms with E-state index in [1.54, 1.807) is 0 Å². The van der Waals surface area contributed by atoms with Crippen LogP contribution in [-0.4, -0.2) is 17.1 Å². The molecule has 1 aromatic rings. The van der Waals surface area contributed by atoms with Crippen LogP contribution in [0.1, 0.15) is 19.4 Å². The molecule has 1 aromatic carbocycles. The van der Waals surface area contributed by atoms with Crippen molar-refractivity contribution in [2.24, 2.45) is 11.7 Å². The molecular formula is C12H17FN2O2. The number of nitrogens with two attached hydrogens (primary N) is 1. The number of aromatic hydroxyl groups is 1. The number of phenols is 1. The van der Waals surface area contributed by atoms with Crippen molar-refractivity contribution in [2.75, 3.05) is 0 Å². The highest BCUT2D eigenvalue weighted by Crippen LogP contribution is 2.15. The van der Waals surface area contributed by atoms with Gasteiger partial charge in [-0.15, -0.1) is 0 Å². The summed E-state index contributed by atoms with van der Waals surface area (Å²) in [5.41, 5.74) is 5.61. The van der Waals surface area contributed by atoms with E-state index in [1.807, 2.05) is 13.8 Å². The van der Waals surface area contributed by atoms with Crippen LogP contribution in [0.3, 0.4) is 0 Å². The lowest BCUT2D eigenvalue weighted by Gasteiger charge is -2.19. The molecule has 0 bridgehead atoms. The van der Waals surface area contributed by atoms with Crippen molar-refractivity contribution in [3.05, 3.63) is 29.6 Å². The fourth-order valence-corrected chi connectivity index (χ4v) is 1.56. The maximum Gasteiger partial charge on any atom is 0.234 e. The van der Waals surface area contributed by atoms with Crippen LogP contribution in [0.25, 0.3) is 0 Å². The summed E-state index contributed by atoms with van der Waals surface area (Å²) in [7, 11) is 0. The first kappa shape index (κ1) is 13.4. The van der Waals surface area contributed by atoms with Gasteiger partial charge < -0.3 is 16.2 Å². The molecule has 0 spiro atoms. The van der Waals surface area contributed by atoms with Crippen molar-refractivity contribution in [2.45, 2.75) is 26.4 Å². The van der Waals surface area contributed by atoms with Gasteiger partial charge >= 0.3 is 0 Å². The molecule has 0 aliphatic rings. The Labute approximate surface area is 99.6 Å². The molecule has 4 nitrogen and oxygen atoms in total. The summed E-state index contributed by atoms with van der Waals surface area (Å²) in [6.45, 7) is 3.91. The van der Waals surface area contributed by atoms with Gasteiger partial charge in [0.2, 0.25) is 5.91 Å². The van der Waals surface area contributed by atoms with Crippen molar-refractivity contribution in [1.82, 2.24) is 5.32 Å². The van der Waals surface area contributed by atoms with Gasteiger partial charge in [-0.3, -0.25) is 4.79 Å². The molecule has 0 fully saturated rings. The molecule has 94 valence electrons. The maximum atomic E-state index is 13.4. The third-order valence-electron chi connectivity index (χ3n) is 2.52. The maximum absolute atomic E-state index is 13.4. The van der Waals surface area contributed by atoms with Gasteiger partial charge in [-0.25, -0.2) is 4.39 Å². The second-order valence-electron chi connectivity index (χ2n) is 4.28. The number of nitrogens with one attached hydrogen (secondary N) is 1. The Morgan fingerprint density at radius 1 is 1.53 bits per heavy atom. The molecule has 0 aromatic heterocycles. The number of rotatable bonds is 5. The molecule has 5 heteroatoms. The van der Waals surface area contributed by atoms with Gasteiger partial charge in [-0.1, -0.05) is 19.9 Å². The Balaban J connectivity index is 2.69. The predicted molar refractivity (Wildman–Crippen MR) is 62.7 cm³/mol. The highest BCUT2D eigenvalue weighted by atomic mass is 19.1. The van der Waals surface area contributed by atoms with E-state index in [9.17, 15) is 9.18 Å². The lowest BCUT2D eigenvalue weighted by Crippen LogP contribution is -2.44. The van der Waals surface area contributed by atoms with E-state index < -0.39 is 17.8 Å². The molecule has 0 saturated carbocycles. The smallest absolute Gasteiger partial charge is 0.234 e. The van der Waals surface area contributed by atoms with Gasteiger partial charge in [0, 0.05) is 18.2 Å². The highest BCUT2D eigenvalue weighted by Gasteiger charge is 2.18. The number of benzene rings is 1. The summed E-state index contributed by atoms with van der Waals surface area (Å²) >= 11 is 0. The first-order valence-corrected chi connectivity index (χ1v) is 5.42. The molecule has 0 heterocycles. The number of primary amides is 1. The standard InChI is InChI=1S/C12H17FN2O2/c1-7(2)11(12(14)17)15-6-8-3-4-9(16)5-10(8)13/h3-5,7,11,15-16H,6H2,1-2H3,(H2,14,17). The van der Waals surface area contributed by atoms with Crippen molar-refractivity contribution >= 4 is 5.91 Å². The third kappa shape index (κ3) is 3.71. The van der Waals surface area contributed by atoms with Crippen LogP contribution in [0.4, 0.5) is 4.39 Å². The van der Waals surface area contributed by atoms with Crippen molar-refractivity contribution in [1.29, 1.82) is 0 Å². The van der Waals surface area contributed by atoms with Gasteiger partial charge in [0.25, 0.3) is 0 Å². The Hall–Kier alpha value is -1.62.